The van der Waals surface area contributed by atoms with Crippen LogP contribution < -0.4 is 5.32 Å². The first-order valence-corrected chi connectivity index (χ1v) is 8.24. The predicted molar refractivity (Wildman–Crippen MR) is 66.2 cm³/mol. The van der Waals surface area contributed by atoms with Crippen LogP contribution in [0.1, 0.15) is 45.4 Å². The second-order valence-electron chi connectivity index (χ2n) is 5.51. The average molecular weight is 245 g/mol. The highest BCUT2D eigenvalue weighted by atomic mass is 32.2. The Kier molecular flexibility index (Phi) is 3.90. The van der Waals surface area contributed by atoms with E-state index in [9.17, 15) is 8.42 Å². The molecule has 3 nitrogen and oxygen atoms in total. The van der Waals surface area contributed by atoms with Crippen molar-refractivity contribution in [2.45, 2.75) is 56.7 Å². The molecule has 1 aliphatic carbocycles. The highest BCUT2D eigenvalue weighted by molar-refractivity contribution is 7.92. The molecule has 0 aromatic rings. The van der Waals surface area contributed by atoms with Crippen LogP contribution in [0.15, 0.2) is 0 Å². The Labute approximate surface area is 98.9 Å². The average Bonchev–Trinajstić information content (AvgIpc) is 2.55. The lowest BCUT2D eigenvalue weighted by molar-refractivity contribution is 0.301. The Morgan fingerprint density at radius 3 is 2.62 bits per heavy atom. The van der Waals surface area contributed by atoms with E-state index in [2.05, 4.69) is 12.2 Å². The van der Waals surface area contributed by atoms with Crippen LogP contribution in [-0.2, 0) is 9.84 Å². The molecule has 0 amide bonds. The number of rotatable bonds is 3. The first kappa shape index (κ1) is 12.4. The highest BCUT2D eigenvalue weighted by Crippen LogP contribution is 2.24. The van der Waals surface area contributed by atoms with Crippen molar-refractivity contribution in [1.29, 1.82) is 0 Å². The molecule has 1 aliphatic heterocycles. The smallest absolute Gasteiger partial charge is 0.154 e. The van der Waals surface area contributed by atoms with Crippen molar-refractivity contribution < 1.29 is 8.42 Å². The monoisotopic (exact) mass is 245 g/mol. The maximum absolute atomic E-state index is 11.7. The number of sulfone groups is 1. The molecule has 1 saturated heterocycles. The lowest BCUT2D eigenvalue weighted by Crippen LogP contribution is -2.39. The molecule has 2 fully saturated rings. The fourth-order valence-electron chi connectivity index (χ4n) is 3.01. The van der Waals surface area contributed by atoms with Crippen molar-refractivity contribution in [3.8, 4) is 0 Å². The molecule has 0 spiro atoms. The zero-order chi connectivity index (χ0) is 11.6. The van der Waals surface area contributed by atoms with Gasteiger partial charge in [0.1, 0.15) is 0 Å². The third kappa shape index (κ3) is 2.98. The zero-order valence-electron chi connectivity index (χ0n) is 10.1. The van der Waals surface area contributed by atoms with Gasteiger partial charge in [0.2, 0.25) is 0 Å². The molecule has 16 heavy (non-hydrogen) atoms. The molecule has 2 aliphatic rings. The fraction of sp³-hybridized carbons (Fsp3) is 1.00. The highest BCUT2D eigenvalue weighted by Gasteiger charge is 2.31. The van der Waals surface area contributed by atoms with E-state index >= 15 is 0 Å². The second-order valence-corrected chi connectivity index (χ2v) is 7.91. The van der Waals surface area contributed by atoms with E-state index in [1.807, 2.05) is 0 Å². The number of nitrogens with one attached hydrogen (secondary N) is 1. The molecule has 1 heterocycles. The van der Waals surface area contributed by atoms with E-state index in [1.54, 1.807) is 0 Å². The minimum Gasteiger partial charge on any atom is -0.313 e. The number of hydrogen-bond acceptors (Lipinski definition) is 3. The molecule has 94 valence electrons. The minimum absolute atomic E-state index is 0.107. The molecular weight excluding hydrogens is 222 g/mol. The van der Waals surface area contributed by atoms with Crippen LogP contribution in [0, 0.1) is 5.92 Å². The van der Waals surface area contributed by atoms with Crippen molar-refractivity contribution in [2.24, 2.45) is 5.92 Å². The Morgan fingerprint density at radius 2 is 2.00 bits per heavy atom. The van der Waals surface area contributed by atoms with Crippen LogP contribution in [-0.4, -0.2) is 32.0 Å². The Hall–Kier alpha value is -0.0900. The molecule has 3 atom stereocenters. The first-order valence-electron chi connectivity index (χ1n) is 6.53. The summed E-state index contributed by atoms with van der Waals surface area (Å²) in [5.41, 5.74) is 0. The van der Waals surface area contributed by atoms with Gasteiger partial charge in [-0.25, -0.2) is 8.42 Å². The van der Waals surface area contributed by atoms with Gasteiger partial charge >= 0.3 is 0 Å². The Bertz CT molecular complexity index is 326. The summed E-state index contributed by atoms with van der Waals surface area (Å²) in [5.74, 6) is 1.20. The summed E-state index contributed by atoms with van der Waals surface area (Å²) in [4.78, 5) is 0. The molecule has 0 aromatic heterocycles. The molecule has 0 radical (unpaired) electrons. The lowest BCUT2D eigenvalue weighted by atomic mass is 9.87. The SMILES string of the molecule is CC1CCCC(NCC2CCCS2(=O)=O)C1. The van der Waals surface area contributed by atoms with Crippen molar-refractivity contribution in [3.63, 3.8) is 0 Å². The summed E-state index contributed by atoms with van der Waals surface area (Å²) in [6, 6.07) is 0.555. The van der Waals surface area contributed by atoms with Crippen molar-refractivity contribution in [1.82, 2.24) is 5.32 Å². The third-order valence-electron chi connectivity index (χ3n) is 4.03. The standard InChI is InChI=1S/C12H23NO2S/c1-10-4-2-5-11(8-10)13-9-12-6-3-7-16(12,14)15/h10-13H,2-9H2,1H3. The molecule has 1 N–H and O–H groups in total. The topological polar surface area (TPSA) is 46.2 Å². The van der Waals surface area contributed by atoms with Crippen LogP contribution in [0.2, 0.25) is 0 Å². The van der Waals surface area contributed by atoms with Gasteiger partial charge in [-0.05, 0) is 31.6 Å². The summed E-state index contributed by atoms with van der Waals surface area (Å²) in [6.07, 6.45) is 6.77. The van der Waals surface area contributed by atoms with Gasteiger partial charge in [0.25, 0.3) is 0 Å². The van der Waals surface area contributed by atoms with Gasteiger partial charge in [0.05, 0.1) is 11.0 Å². The lowest BCUT2D eigenvalue weighted by Gasteiger charge is -2.28. The van der Waals surface area contributed by atoms with Crippen LogP contribution in [0.3, 0.4) is 0 Å². The van der Waals surface area contributed by atoms with Crippen molar-refractivity contribution in [2.75, 3.05) is 12.3 Å². The van der Waals surface area contributed by atoms with Crippen LogP contribution in [0.5, 0.6) is 0 Å². The maximum Gasteiger partial charge on any atom is 0.154 e. The largest absolute Gasteiger partial charge is 0.313 e. The normalized spacial score (nSPS) is 38.7. The third-order valence-corrected chi connectivity index (χ3v) is 6.31. The predicted octanol–water partition coefficient (Wildman–Crippen LogP) is 1.73. The summed E-state index contributed by atoms with van der Waals surface area (Å²) in [7, 11) is -2.76. The van der Waals surface area contributed by atoms with E-state index in [0.717, 1.165) is 18.8 Å². The van der Waals surface area contributed by atoms with Crippen LogP contribution in [0.25, 0.3) is 0 Å². The molecule has 0 bridgehead atoms. The fourth-order valence-corrected chi connectivity index (χ4v) is 4.78. The van der Waals surface area contributed by atoms with E-state index in [0.29, 0.717) is 18.3 Å². The Morgan fingerprint density at radius 1 is 1.19 bits per heavy atom. The molecule has 3 unspecified atom stereocenters. The summed E-state index contributed by atoms with van der Waals surface area (Å²) >= 11 is 0. The zero-order valence-corrected chi connectivity index (χ0v) is 10.9. The molecule has 1 saturated carbocycles. The molecule has 2 rings (SSSR count). The molecule has 0 aromatic carbocycles. The van der Waals surface area contributed by atoms with Crippen LogP contribution >= 0.6 is 0 Å². The van der Waals surface area contributed by atoms with Gasteiger partial charge in [-0.2, -0.15) is 0 Å². The van der Waals surface area contributed by atoms with Gasteiger partial charge < -0.3 is 5.32 Å². The quantitative estimate of drug-likeness (QED) is 0.823. The summed E-state index contributed by atoms with van der Waals surface area (Å²) in [5, 5.41) is 3.36. The van der Waals surface area contributed by atoms with E-state index in [1.165, 1.54) is 25.7 Å². The van der Waals surface area contributed by atoms with Gasteiger partial charge in [-0.15, -0.1) is 0 Å². The van der Waals surface area contributed by atoms with Crippen molar-refractivity contribution in [3.05, 3.63) is 0 Å². The van der Waals surface area contributed by atoms with Gasteiger partial charge in [-0.1, -0.05) is 19.8 Å². The van der Waals surface area contributed by atoms with Gasteiger partial charge in [0, 0.05) is 12.6 Å². The first-order chi connectivity index (χ1) is 7.58. The molecular formula is C12H23NO2S. The minimum atomic E-state index is -2.76. The van der Waals surface area contributed by atoms with E-state index in [-0.39, 0.29) is 5.25 Å². The second kappa shape index (κ2) is 5.05. The maximum atomic E-state index is 11.7. The number of hydrogen-bond donors (Lipinski definition) is 1. The van der Waals surface area contributed by atoms with Crippen LogP contribution in [0.4, 0.5) is 0 Å². The summed E-state index contributed by atoms with van der Waals surface area (Å²) in [6.45, 7) is 2.97. The van der Waals surface area contributed by atoms with E-state index in [4.69, 9.17) is 0 Å². The van der Waals surface area contributed by atoms with Gasteiger partial charge in [0.15, 0.2) is 9.84 Å². The van der Waals surface area contributed by atoms with Gasteiger partial charge in [-0.3, -0.25) is 0 Å². The summed E-state index contributed by atoms with van der Waals surface area (Å²) < 4.78 is 23.3. The van der Waals surface area contributed by atoms with E-state index < -0.39 is 9.84 Å². The molecule has 4 heteroatoms. The van der Waals surface area contributed by atoms with Crippen molar-refractivity contribution >= 4 is 9.84 Å². The Balaban J connectivity index is 1.79.